The van der Waals surface area contributed by atoms with Gasteiger partial charge in [0.15, 0.2) is 0 Å². The Kier molecular flexibility index (Phi) is 14.5. The third-order valence-electron chi connectivity index (χ3n) is 6.88. The maximum Gasteiger partial charge on any atom is 0.322 e. The predicted octanol–water partition coefficient (Wildman–Crippen LogP) is 8.61. The molecule has 220 valence electrons. The summed E-state index contributed by atoms with van der Waals surface area (Å²) in [6.45, 7) is 5.09. The summed E-state index contributed by atoms with van der Waals surface area (Å²) in [5, 5.41) is 4.66. The van der Waals surface area contributed by atoms with E-state index in [2.05, 4.69) is 12.2 Å². The number of carbonyl (C=O) groups is 2. The molecule has 0 saturated carbocycles. The molecule has 6 heteroatoms. The van der Waals surface area contributed by atoms with Gasteiger partial charge in [-0.15, -0.1) is 5.06 Å². The van der Waals surface area contributed by atoms with Gasteiger partial charge >= 0.3 is 5.97 Å². The molecule has 1 N–H and O–H groups in total. The Morgan fingerprint density at radius 3 is 1.95 bits per heavy atom. The van der Waals surface area contributed by atoms with Crippen LogP contribution in [0.15, 0.2) is 78.9 Å². The van der Waals surface area contributed by atoms with Gasteiger partial charge in [0.05, 0.1) is 13.1 Å². The van der Waals surface area contributed by atoms with Crippen LogP contribution in [0.25, 0.3) is 0 Å². The minimum absolute atomic E-state index is 0.0733. The summed E-state index contributed by atoms with van der Waals surface area (Å²) in [5.74, 6) is 1.04. The van der Waals surface area contributed by atoms with Crippen LogP contribution < -0.4 is 10.1 Å². The van der Waals surface area contributed by atoms with E-state index in [1.807, 2.05) is 78.9 Å². The maximum absolute atomic E-state index is 12.8. The van der Waals surface area contributed by atoms with Gasteiger partial charge in [-0.25, -0.2) is 0 Å². The molecule has 0 atom stereocenters. The normalized spacial score (nSPS) is 10.9. The number of nitrogens with zero attached hydrogens (tertiary/aromatic N) is 1. The Bertz CT molecular complexity index is 1160. The Balaban J connectivity index is 1.44. The number of nitrogens with one attached hydrogen (secondary N) is 1. The number of unbranched alkanes of at least 4 members (excludes halogenated alkanes) is 9. The molecule has 0 fully saturated rings. The van der Waals surface area contributed by atoms with Gasteiger partial charge in [-0.2, -0.15) is 0 Å². The molecule has 0 bridgehead atoms. The van der Waals surface area contributed by atoms with Crippen LogP contribution in [-0.2, 0) is 22.7 Å². The van der Waals surface area contributed by atoms with Crippen LogP contribution >= 0.6 is 0 Å². The van der Waals surface area contributed by atoms with Crippen molar-refractivity contribution < 1.29 is 19.2 Å². The van der Waals surface area contributed by atoms with E-state index >= 15 is 0 Å². The molecule has 0 unspecified atom stereocenters. The van der Waals surface area contributed by atoms with Crippen LogP contribution in [0.1, 0.15) is 99.5 Å². The van der Waals surface area contributed by atoms with Crippen LogP contribution in [0.2, 0.25) is 0 Å². The number of hydrogen-bond acceptors (Lipinski definition) is 5. The first-order chi connectivity index (χ1) is 20.0. The van der Waals surface area contributed by atoms with Gasteiger partial charge in [-0.3, -0.25) is 9.59 Å². The third-order valence-corrected chi connectivity index (χ3v) is 6.88. The molecule has 3 aromatic carbocycles. The highest BCUT2D eigenvalue weighted by atomic mass is 16.7. The van der Waals surface area contributed by atoms with Crippen LogP contribution in [0.3, 0.4) is 0 Å². The minimum Gasteiger partial charge on any atom is -0.457 e. The van der Waals surface area contributed by atoms with Crippen LogP contribution in [0.5, 0.6) is 11.5 Å². The summed E-state index contributed by atoms with van der Waals surface area (Å²) in [4.78, 5) is 30.0. The lowest BCUT2D eigenvalue weighted by Crippen LogP contribution is -2.26. The van der Waals surface area contributed by atoms with Gasteiger partial charge in [0.25, 0.3) is 5.91 Å². The van der Waals surface area contributed by atoms with Crippen molar-refractivity contribution in [2.75, 3.05) is 6.54 Å². The molecule has 0 aliphatic rings. The average Bonchev–Trinajstić information content (AvgIpc) is 2.97. The van der Waals surface area contributed by atoms with Crippen LogP contribution in [0, 0.1) is 0 Å². The SMILES string of the molecule is CCCCCCCCCCCCNC(=O)c1cccc(CN(Cc2ccc(Oc3ccccc3)cc2)OC(C)=O)c1. The number of benzene rings is 3. The van der Waals surface area contributed by atoms with E-state index in [1.165, 1.54) is 58.3 Å². The van der Waals surface area contributed by atoms with E-state index in [0.717, 1.165) is 35.5 Å². The van der Waals surface area contributed by atoms with Crippen molar-refractivity contribution >= 4 is 11.9 Å². The number of hydroxylamine groups is 2. The monoisotopic (exact) mass is 558 g/mol. The summed E-state index contributed by atoms with van der Waals surface area (Å²) in [6, 6.07) is 24.8. The second-order valence-corrected chi connectivity index (χ2v) is 10.6. The second kappa shape index (κ2) is 18.7. The lowest BCUT2D eigenvalue weighted by Gasteiger charge is -2.21. The fourth-order valence-corrected chi connectivity index (χ4v) is 4.72. The van der Waals surface area contributed by atoms with Crippen LogP contribution in [-0.4, -0.2) is 23.5 Å². The van der Waals surface area contributed by atoms with Crippen molar-refractivity contribution in [2.24, 2.45) is 0 Å². The largest absolute Gasteiger partial charge is 0.457 e. The van der Waals surface area contributed by atoms with Gasteiger partial charge in [-0.1, -0.05) is 107 Å². The first-order valence-corrected chi connectivity index (χ1v) is 15.2. The highest BCUT2D eigenvalue weighted by Crippen LogP contribution is 2.22. The molecule has 6 nitrogen and oxygen atoms in total. The van der Waals surface area contributed by atoms with Crippen molar-refractivity contribution in [3.05, 3.63) is 95.6 Å². The third kappa shape index (κ3) is 13.0. The highest BCUT2D eigenvalue weighted by Gasteiger charge is 2.13. The standard InChI is InChI=1S/C35H46N2O4/c1-3-4-5-6-7-8-9-10-11-15-25-36-35(39)32-18-16-17-31(26-32)28-37(41-29(2)38)27-30-21-23-34(24-22-30)40-33-19-13-12-14-20-33/h12-14,16-24,26H,3-11,15,25,27-28H2,1-2H3,(H,36,39). The molecule has 0 aliphatic heterocycles. The van der Waals surface area contributed by atoms with Gasteiger partial charge in [0, 0.05) is 19.0 Å². The molecule has 0 saturated heterocycles. The van der Waals surface area contributed by atoms with Crippen molar-refractivity contribution in [2.45, 2.75) is 91.1 Å². The van der Waals surface area contributed by atoms with Gasteiger partial charge in [0.1, 0.15) is 11.5 Å². The molecule has 0 spiro atoms. The number of ether oxygens (including phenoxy) is 1. The van der Waals surface area contributed by atoms with E-state index in [4.69, 9.17) is 9.57 Å². The molecule has 3 aromatic rings. The van der Waals surface area contributed by atoms with Gasteiger partial charge in [0.2, 0.25) is 0 Å². The number of carbonyl (C=O) groups excluding carboxylic acids is 2. The van der Waals surface area contributed by atoms with Crippen molar-refractivity contribution in [3.8, 4) is 11.5 Å². The van der Waals surface area contributed by atoms with Crippen LogP contribution in [0.4, 0.5) is 0 Å². The molecule has 1 amide bonds. The van der Waals surface area contributed by atoms with Gasteiger partial charge < -0.3 is 14.9 Å². The first-order valence-electron chi connectivity index (χ1n) is 15.2. The Labute approximate surface area is 246 Å². The first kappa shape index (κ1) is 31.9. The summed E-state index contributed by atoms with van der Waals surface area (Å²) in [5.41, 5.74) is 2.47. The summed E-state index contributed by atoms with van der Waals surface area (Å²) >= 11 is 0. The van der Waals surface area contributed by atoms with Crippen molar-refractivity contribution in [1.82, 2.24) is 10.4 Å². The lowest BCUT2D eigenvalue weighted by molar-refractivity contribution is -0.194. The summed E-state index contributed by atoms with van der Waals surface area (Å²) < 4.78 is 5.87. The lowest BCUT2D eigenvalue weighted by atomic mass is 10.1. The number of amides is 1. The zero-order valence-electron chi connectivity index (χ0n) is 24.8. The second-order valence-electron chi connectivity index (χ2n) is 10.6. The highest BCUT2D eigenvalue weighted by molar-refractivity contribution is 5.94. The Morgan fingerprint density at radius 2 is 1.29 bits per heavy atom. The van der Waals surface area contributed by atoms with E-state index in [1.54, 1.807) is 5.06 Å². The molecule has 0 aromatic heterocycles. The van der Waals surface area contributed by atoms with E-state index < -0.39 is 0 Å². The van der Waals surface area contributed by atoms with E-state index in [9.17, 15) is 9.59 Å². The molecule has 0 heterocycles. The number of hydrogen-bond donors (Lipinski definition) is 1. The predicted molar refractivity (Wildman–Crippen MR) is 165 cm³/mol. The molecule has 3 rings (SSSR count). The summed E-state index contributed by atoms with van der Waals surface area (Å²) in [6.07, 6.45) is 12.7. The minimum atomic E-state index is -0.389. The molecular formula is C35H46N2O4. The number of para-hydroxylation sites is 1. The molecule has 0 radical (unpaired) electrons. The van der Waals surface area contributed by atoms with Crippen molar-refractivity contribution in [1.29, 1.82) is 0 Å². The maximum atomic E-state index is 12.8. The average molecular weight is 559 g/mol. The number of rotatable bonds is 19. The molecule has 0 aliphatic carbocycles. The topological polar surface area (TPSA) is 67.9 Å². The van der Waals surface area contributed by atoms with E-state index in [-0.39, 0.29) is 11.9 Å². The Morgan fingerprint density at radius 1 is 0.683 bits per heavy atom. The zero-order valence-corrected chi connectivity index (χ0v) is 24.8. The fraction of sp³-hybridized carbons (Fsp3) is 0.429. The van der Waals surface area contributed by atoms with Crippen molar-refractivity contribution in [3.63, 3.8) is 0 Å². The molecular weight excluding hydrogens is 512 g/mol. The fourth-order valence-electron chi connectivity index (χ4n) is 4.72. The smallest absolute Gasteiger partial charge is 0.322 e. The zero-order chi connectivity index (χ0) is 29.1. The summed E-state index contributed by atoms with van der Waals surface area (Å²) in [7, 11) is 0. The quantitative estimate of drug-likeness (QED) is 0.118. The van der Waals surface area contributed by atoms with Gasteiger partial charge in [-0.05, 0) is 53.9 Å². The van der Waals surface area contributed by atoms with E-state index in [0.29, 0.717) is 25.2 Å². The molecule has 41 heavy (non-hydrogen) atoms. The Hall–Kier alpha value is -3.64.